The first-order chi connectivity index (χ1) is 11.7. The lowest BCUT2D eigenvalue weighted by Gasteiger charge is -2.31. The summed E-state index contributed by atoms with van der Waals surface area (Å²) in [5.41, 5.74) is 1.75. The van der Waals surface area contributed by atoms with Crippen molar-refractivity contribution in [2.24, 2.45) is 0 Å². The van der Waals surface area contributed by atoms with Crippen LogP contribution in [0.15, 0.2) is 72.0 Å². The summed E-state index contributed by atoms with van der Waals surface area (Å²) in [4.78, 5) is 12.3. The molecule has 0 aliphatic carbocycles. The van der Waals surface area contributed by atoms with Gasteiger partial charge in [-0.25, -0.2) is 4.79 Å². The molecule has 1 N–H and O–H groups in total. The molecule has 0 bridgehead atoms. The summed E-state index contributed by atoms with van der Waals surface area (Å²) in [7, 11) is 0. The van der Waals surface area contributed by atoms with Gasteiger partial charge in [-0.3, -0.25) is 0 Å². The largest absolute Gasteiger partial charge is 0.482 e. The summed E-state index contributed by atoms with van der Waals surface area (Å²) < 4.78 is 11.3. The standard InChI is InChI=1S/C20H20O4/c1-15-18(19(22)23-13-12-21)14-20(24-15,16-8-4-2-5-9-16)17-10-6-3-7-11-17/h2-11,21H,12-14H2,1H3. The van der Waals surface area contributed by atoms with Gasteiger partial charge in [0.2, 0.25) is 0 Å². The minimum Gasteiger partial charge on any atom is -0.482 e. The van der Waals surface area contributed by atoms with Gasteiger partial charge in [0.05, 0.1) is 12.2 Å². The van der Waals surface area contributed by atoms with Crippen LogP contribution in [0.5, 0.6) is 0 Å². The third-order valence-corrected chi connectivity index (χ3v) is 4.23. The number of esters is 1. The van der Waals surface area contributed by atoms with Crippen molar-refractivity contribution in [3.05, 3.63) is 83.1 Å². The SMILES string of the molecule is CC1=C(C(=O)OCCO)CC(c2ccccc2)(c2ccccc2)O1. The lowest BCUT2D eigenvalue weighted by Crippen LogP contribution is -2.28. The fourth-order valence-corrected chi connectivity index (χ4v) is 3.08. The van der Waals surface area contributed by atoms with Crippen LogP contribution in [-0.2, 0) is 19.9 Å². The molecule has 0 atom stereocenters. The summed E-state index contributed by atoms with van der Waals surface area (Å²) in [6, 6.07) is 19.7. The Balaban J connectivity index is 2.00. The van der Waals surface area contributed by atoms with E-state index in [2.05, 4.69) is 0 Å². The molecule has 0 radical (unpaired) electrons. The van der Waals surface area contributed by atoms with E-state index in [0.717, 1.165) is 11.1 Å². The highest BCUT2D eigenvalue weighted by Gasteiger charge is 2.45. The number of carbonyl (C=O) groups excluding carboxylic acids is 1. The number of allylic oxidation sites excluding steroid dienone is 1. The normalized spacial score (nSPS) is 15.9. The van der Waals surface area contributed by atoms with E-state index in [-0.39, 0.29) is 13.2 Å². The smallest absolute Gasteiger partial charge is 0.337 e. The highest BCUT2D eigenvalue weighted by molar-refractivity contribution is 5.90. The molecule has 2 aromatic carbocycles. The molecule has 3 rings (SSSR count). The average molecular weight is 324 g/mol. The van der Waals surface area contributed by atoms with Crippen LogP contribution in [0.1, 0.15) is 24.5 Å². The van der Waals surface area contributed by atoms with Crippen molar-refractivity contribution in [3.8, 4) is 0 Å². The van der Waals surface area contributed by atoms with Crippen molar-refractivity contribution in [2.75, 3.05) is 13.2 Å². The fraction of sp³-hybridized carbons (Fsp3) is 0.250. The molecule has 0 amide bonds. The Hall–Kier alpha value is -2.59. The zero-order valence-corrected chi connectivity index (χ0v) is 13.6. The molecular weight excluding hydrogens is 304 g/mol. The maximum absolute atomic E-state index is 12.3. The Labute approximate surface area is 141 Å². The Bertz CT molecular complexity index is 695. The summed E-state index contributed by atoms with van der Waals surface area (Å²) in [6.45, 7) is 1.57. The predicted octanol–water partition coefficient (Wildman–Crippen LogP) is 3.16. The Morgan fingerprint density at radius 3 is 2.12 bits per heavy atom. The van der Waals surface area contributed by atoms with E-state index in [1.54, 1.807) is 6.92 Å². The zero-order chi connectivity index (χ0) is 17.0. The Morgan fingerprint density at radius 2 is 1.62 bits per heavy atom. The van der Waals surface area contributed by atoms with Gasteiger partial charge < -0.3 is 14.6 Å². The number of aliphatic hydroxyl groups excluding tert-OH is 1. The number of ether oxygens (including phenoxy) is 2. The van der Waals surface area contributed by atoms with Crippen molar-refractivity contribution < 1.29 is 19.4 Å². The highest BCUT2D eigenvalue weighted by atomic mass is 16.5. The lowest BCUT2D eigenvalue weighted by molar-refractivity contribution is -0.140. The number of hydrogen-bond donors (Lipinski definition) is 1. The predicted molar refractivity (Wildman–Crippen MR) is 90.1 cm³/mol. The molecule has 1 aliphatic heterocycles. The minimum absolute atomic E-state index is 0.0146. The number of carbonyl (C=O) groups is 1. The van der Waals surface area contributed by atoms with Gasteiger partial charge in [0, 0.05) is 17.5 Å². The van der Waals surface area contributed by atoms with Crippen LogP contribution in [0.2, 0.25) is 0 Å². The van der Waals surface area contributed by atoms with Crippen molar-refractivity contribution in [1.82, 2.24) is 0 Å². The molecule has 1 heterocycles. The van der Waals surface area contributed by atoms with Crippen LogP contribution in [0.4, 0.5) is 0 Å². The van der Waals surface area contributed by atoms with Crippen LogP contribution >= 0.6 is 0 Å². The van der Waals surface area contributed by atoms with Gasteiger partial charge in [-0.15, -0.1) is 0 Å². The first-order valence-electron chi connectivity index (χ1n) is 7.95. The van der Waals surface area contributed by atoms with Gasteiger partial charge >= 0.3 is 5.97 Å². The van der Waals surface area contributed by atoms with Gasteiger partial charge in [-0.2, -0.15) is 0 Å². The van der Waals surface area contributed by atoms with E-state index in [1.165, 1.54) is 0 Å². The fourth-order valence-electron chi connectivity index (χ4n) is 3.08. The molecule has 0 unspecified atom stereocenters. The van der Waals surface area contributed by atoms with Crippen molar-refractivity contribution in [3.63, 3.8) is 0 Å². The number of hydrogen-bond acceptors (Lipinski definition) is 4. The topological polar surface area (TPSA) is 55.8 Å². The molecule has 0 spiro atoms. The molecule has 2 aromatic rings. The second kappa shape index (κ2) is 6.89. The maximum Gasteiger partial charge on any atom is 0.337 e. The first-order valence-corrected chi connectivity index (χ1v) is 7.95. The summed E-state index contributed by atoms with van der Waals surface area (Å²) in [5, 5.41) is 8.86. The Morgan fingerprint density at radius 1 is 1.08 bits per heavy atom. The molecule has 4 heteroatoms. The van der Waals surface area contributed by atoms with Gasteiger partial charge in [-0.1, -0.05) is 60.7 Å². The second-order valence-electron chi connectivity index (χ2n) is 5.73. The van der Waals surface area contributed by atoms with Gasteiger partial charge in [-0.05, 0) is 6.92 Å². The van der Waals surface area contributed by atoms with Crippen LogP contribution in [0, 0.1) is 0 Å². The maximum atomic E-state index is 12.3. The van der Waals surface area contributed by atoms with Gasteiger partial charge in [0.1, 0.15) is 12.4 Å². The summed E-state index contributed by atoms with van der Waals surface area (Å²) in [6.07, 6.45) is 0.400. The van der Waals surface area contributed by atoms with E-state index >= 15 is 0 Å². The van der Waals surface area contributed by atoms with Crippen molar-refractivity contribution in [2.45, 2.75) is 18.9 Å². The molecule has 0 saturated heterocycles. The van der Waals surface area contributed by atoms with Gasteiger partial charge in [0.15, 0.2) is 5.60 Å². The zero-order valence-electron chi connectivity index (χ0n) is 13.6. The third-order valence-electron chi connectivity index (χ3n) is 4.23. The van der Waals surface area contributed by atoms with Crippen LogP contribution in [0.25, 0.3) is 0 Å². The number of rotatable bonds is 5. The first kappa shape index (κ1) is 16.3. The third kappa shape index (κ3) is 2.93. The van der Waals surface area contributed by atoms with E-state index in [4.69, 9.17) is 14.6 Å². The quantitative estimate of drug-likeness (QED) is 0.859. The molecule has 24 heavy (non-hydrogen) atoms. The second-order valence-corrected chi connectivity index (χ2v) is 5.73. The minimum atomic E-state index is -0.736. The van der Waals surface area contributed by atoms with E-state index < -0.39 is 11.6 Å². The lowest BCUT2D eigenvalue weighted by atomic mass is 9.82. The summed E-state index contributed by atoms with van der Waals surface area (Å²) >= 11 is 0. The Kier molecular flexibility index (Phi) is 4.67. The van der Waals surface area contributed by atoms with Crippen molar-refractivity contribution >= 4 is 5.97 Å². The molecule has 1 aliphatic rings. The van der Waals surface area contributed by atoms with E-state index in [0.29, 0.717) is 17.8 Å². The molecule has 0 saturated carbocycles. The van der Waals surface area contributed by atoms with Crippen molar-refractivity contribution in [1.29, 1.82) is 0 Å². The van der Waals surface area contributed by atoms with E-state index in [9.17, 15) is 4.79 Å². The molecule has 124 valence electrons. The number of aliphatic hydroxyl groups is 1. The molecule has 0 fully saturated rings. The van der Waals surface area contributed by atoms with E-state index in [1.807, 2.05) is 60.7 Å². The van der Waals surface area contributed by atoms with Crippen LogP contribution in [0.3, 0.4) is 0 Å². The number of benzene rings is 2. The van der Waals surface area contributed by atoms with Gasteiger partial charge in [0.25, 0.3) is 0 Å². The molecule has 0 aromatic heterocycles. The molecule has 4 nitrogen and oxygen atoms in total. The highest BCUT2D eigenvalue weighted by Crippen LogP contribution is 2.46. The average Bonchev–Trinajstić information content (AvgIpc) is 3.00. The monoisotopic (exact) mass is 324 g/mol. The summed E-state index contributed by atoms with van der Waals surface area (Å²) in [5.74, 6) is 0.126. The molecular formula is C20H20O4. The van der Waals surface area contributed by atoms with Crippen LogP contribution < -0.4 is 0 Å². The van der Waals surface area contributed by atoms with Crippen LogP contribution in [-0.4, -0.2) is 24.3 Å².